The molecule has 1 aromatic rings. The minimum Gasteiger partial charge on any atom is -0.378 e. The number of nitrogens with zero attached hydrogens (tertiary/aromatic N) is 2. The first kappa shape index (κ1) is 13.7. The molecule has 0 atom stereocenters. The van der Waals surface area contributed by atoms with Gasteiger partial charge in [0.2, 0.25) is 0 Å². The Morgan fingerprint density at radius 1 is 1.05 bits per heavy atom. The highest BCUT2D eigenvalue weighted by Crippen LogP contribution is 2.17. The predicted octanol–water partition coefficient (Wildman–Crippen LogP) is 3.16. The van der Waals surface area contributed by atoms with Crippen LogP contribution in [0.2, 0.25) is 0 Å². The van der Waals surface area contributed by atoms with Crippen molar-refractivity contribution >= 4 is 17.4 Å². The SMILES string of the molecule is CN(C)c1ccc(NC(=O)N2CCCCCC2)cc1. The highest BCUT2D eigenvalue weighted by molar-refractivity contribution is 5.89. The molecule has 4 heteroatoms. The number of urea groups is 1. The Kier molecular flexibility index (Phi) is 4.66. The Morgan fingerprint density at radius 2 is 1.63 bits per heavy atom. The topological polar surface area (TPSA) is 35.6 Å². The summed E-state index contributed by atoms with van der Waals surface area (Å²) in [6, 6.07) is 7.95. The van der Waals surface area contributed by atoms with Gasteiger partial charge in [-0.25, -0.2) is 4.79 Å². The van der Waals surface area contributed by atoms with E-state index in [2.05, 4.69) is 5.32 Å². The van der Waals surface area contributed by atoms with E-state index in [1.165, 1.54) is 12.8 Å². The number of anilines is 2. The Morgan fingerprint density at radius 3 is 2.16 bits per heavy atom. The summed E-state index contributed by atoms with van der Waals surface area (Å²) in [5.41, 5.74) is 1.99. The molecule has 0 unspecified atom stereocenters. The lowest BCUT2D eigenvalue weighted by Crippen LogP contribution is -2.35. The van der Waals surface area contributed by atoms with E-state index in [0.29, 0.717) is 0 Å². The van der Waals surface area contributed by atoms with E-state index in [4.69, 9.17) is 0 Å². The summed E-state index contributed by atoms with van der Waals surface area (Å²) in [5.74, 6) is 0. The maximum absolute atomic E-state index is 12.1. The molecule has 0 saturated carbocycles. The Hall–Kier alpha value is -1.71. The number of rotatable bonds is 2. The molecular weight excluding hydrogens is 238 g/mol. The molecule has 1 fully saturated rings. The van der Waals surface area contributed by atoms with E-state index in [1.807, 2.05) is 48.2 Å². The van der Waals surface area contributed by atoms with Crippen molar-refractivity contribution in [2.75, 3.05) is 37.4 Å². The average molecular weight is 261 g/mol. The fraction of sp³-hybridized carbons (Fsp3) is 0.533. The third-order valence-corrected chi connectivity index (χ3v) is 3.53. The monoisotopic (exact) mass is 261 g/mol. The second-order valence-corrected chi connectivity index (χ2v) is 5.27. The van der Waals surface area contributed by atoms with Crippen LogP contribution in [0.1, 0.15) is 25.7 Å². The standard InChI is InChI=1S/C15H23N3O/c1-17(2)14-9-7-13(8-10-14)16-15(19)18-11-5-3-4-6-12-18/h7-10H,3-6,11-12H2,1-2H3,(H,16,19). The molecule has 2 amide bonds. The van der Waals surface area contributed by atoms with Crippen molar-refractivity contribution < 1.29 is 4.79 Å². The highest BCUT2D eigenvalue weighted by atomic mass is 16.2. The van der Waals surface area contributed by atoms with Crippen LogP contribution in [-0.4, -0.2) is 38.1 Å². The number of hydrogen-bond acceptors (Lipinski definition) is 2. The lowest BCUT2D eigenvalue weighted by atomic mass is 10.2. The number of amides is 2. The smallest absolute Gasteiger partial charge is 0.321 e. The van der Waals surface area contributed by atoms with Gasteiger partial charge in [0, 0.05) is 38.6 Å². The third kappa shape index (κ3) is 3.88. The summed E-state index contributed by atoms with van der Waals surface area (Å²) < 4.78 is 0. The number of carbonyl (C=O) groups excluding carboxylic acids is 1. The molecule has 1 aliphatic rings. The zero-order valence-electron chi connectivity index (χ0n) is 11.9. The van der Waals surface area contributed by atoms with Crippen LogP contribution in [0.4, 0.5) is 16.2 Å². The average Bonchev–Trinajstić information content (AvgIpc) is 2.68. The first-order valence-corrected chi connectivity index (χ1v) is 7.00. The molecule has 1 saturated heterocycles. The first-order valence-electron chi connectivity index (χ1n) is 7.00. The molecule has 2 rings (SSSR count). The number of benzene rings is 1. The molecule has 0 aromatic heterocycles. The van der Waals surface area contributed by atoms with Crippen LogP contribution in [-0.2, 0) is 0 Å². The Bertz CT molecular complexity index is 406. The zero-order valence-corrected chi connectivity index (χ0v) is 11.9. The van der Waals surface area contributed by atoms with Crippen LogP contribution in [0.25, 0.3) is 0 Å². The minimum atomic E-state index is 0.0273. The number of hydrogen-bond donors (Lipinski definition) is 1. The molecule has 0 spiro atoms. The second kappa shape index (κ2) is 6.45. The zero-order chi connectivity index (χ0) is 13.7. The van der Waals surface area contributed by atoms with E-state index < -0.39 is 0 Å². The van der Waals surface area contributed by atoms with Crippen LogP contribution in [0.3, 0.4) is 0 Å². The first-order chi connectivity index (χ1) is 9.16. The van der Waals surface area contributed by atoms with Gasteiger partial charge in [-0.2, -0.15) is 0 Å². The number of likely N-dealkylation sites (tertiary alicyclic amines) is 1. The maximum Gasteiger partial charge on any atom is 0.321 e. The largest absolute Gasteiger partial charge is 0.378 e. The van der Waals surface area contributed by atoms with Gasteiger partial charge in [0.1, 0.15) is 0 Å². The summed E-state index contributed by atoms with van der Waals surface area (Å²) >= 11 is 0. The molecule has 0 bridgehead atoms. The van der Waals surface area contributed by atoms with Crippen LogP contribution >= 0.6 is 0 Å². The number of nitrogens with one attached hydrogen (secondary N) is 1. The summed E-state index contributed by atoms with van der Waals surface area (Å²) in [7, 11) is 4.01. The maximum atomic E-state index is 12.1. The number of carbonyl (C=O) groups is 1. The highest BCUT2D eigenvalue weighted by Gasteiger charge is 2.15. The summed E-state index contributed by atoms with van der Waals surface area (Å²) in [5, 5.41) is 2.97. The summed E-state index contributed by atoms with van der Waals surface area (Å²) in [6.07, 6.45) is 4.71. The van der Waals surface area contributed by atoms with Crippen molar-refractivity contribution in [1.29, 1.82) is 0 Å². The Balaban J connectivity index is 1.94. The van der Waals surface area contributed by atoms with Gasteiger partial charge < -0.3 is 15.1 Å². The van der Waals surface area contributed by atoms with Gasteiger partial charge in [0.15, 0.2) is 0 Å². The molecular formula is C15H23N3O. The lowest BCUT2D eigenvalue weighted by Gasteiger charge is -2.21. The molecule has 0 radical (unpaired) electrons. The van der Waals surface area contributed by atoms with Crippen molar-refractivity contribution in [2.24, 2.45) is 0 Å². The van der Waals surface area contributed by atoms with E-state index >= 15 is 0 Å². The van der Waals surface area contributed by atoms with Gasteiger partial charge in [-0.1, -0.05) is 12.8 Å². The molecule has 1 aliphatic heterocycles. The van der Waals surface area contributed by atoms with Crippen LogP contribution in [0, 0.1) is 0 Å². The van der Waals surface area contributed by atoms with Crippen LogP contribution < -0.4 is 10.2 Å². The second-order valence-electron chi connectivity index (χ2n) is 5.27. The molecule has 1 aromatic carbocycles. The normalized spacial score (nSPS) is 15.8. The molecule has 19 heavy (non-hydrogen) atoms. The fourth-order valence-corrected chi connectivity index (χ4v) is 2.32. The minimum absolute atomic E-state index is 0.0273. The van der Waals surface area contributed by atoms with Crippen molar-refractivity contribution in [3.8, 4) is 0 Å². The van der Waals surface area contributed by atoms with Gasteiger partial charge in [-0.05, 0) is 37.1 Å². The van der Waals surface area contributed by atoms with Crippen molar-refractivity contribution in [3.05, 3.63) is 24.3 Å². The predicted molar refractivity (Wildman–Crippen MR) is 79.8 cm³/mol. The quantitative estimate of drug-likeness (QED) is 0.887. The van der Waals surface area contributed by atoms with Gasteiger partial charge in [0.05, 0.1) is 0 Å². The van der Waals surface area contributed by atoms with Crippen molar-refractivity contribution in [3.63, 3.8) is 0 Å². The molecule has 104 valence electrons. The van der Waals surface area contributed by atoms with Gasteiger partial charge in [-0.3, -0.25) is 0 Å². The van der Waals surface area contributed by atoms with Crippen LogP contribution in [0.5, 0.6) is 0 Å². The van der Waals surface area contributed by atoms with Gasteiger partial charge >= 0.3 is 6.03 Å². The van der Waals surface area contributed by atoms with Gasteiger partial charge in [0.25, 0.3) is 0 Å². The summed E-state index contributed by atoms with van der Waals surface area (Å²) in [6.45, 7) is 1.75. The van der Waals surface area contributed by atoms with Gasteiger partial charge in [-0.15, -0.1) is 0 Å². The van der Waals surface area contributed by atoms with E-state index in [-0.39, 0.29) is 6.03 Å². The van der Waals surface area contributed by atoms with E-state index in [1.54, 1.807) is 0 Å². The van der Waals surface area contributed by atoms with Crippen molar-refractivity contribution in [2.45, 2.75) is 25.7 Å². The Labute approximate surface area is 115 Å². The van der Waals surface area contributed by atoms with E-state index in [9.17, 15) is 4.79 Å². The molecule has 4 nitrogen and oxygen atoms in total. The summed E-state index contributed by atoms with van der Waals surface area (Å²) in [4.78, 5) is 16.1. The molecule has 0 aliphatic carbocycles. The fourth-order valence-electron chi connectivity index (χ4n) is 2.32. The van der Waals surface area contributed by atoms with Crippen LogP contribution in [0.15, 0.2) is 24.3 Å². The molecule has 1 heterocycles. The van der Waals surface area contributed by atoms with Crippen molar-refractivity contribution in [1.82, 2.24) is 4.90 Å². The third-order valence-electron chi connectivity index (χ3n) is 3.53. The van der Waals surface area contributed by atoms with E-state index in [0.717, 1.165) is 37.3 Å². The molecule has 1 N–H and O–H groups in total. The lowest BCUT2D eigenvalue weighted by molar-refractivity contribution is 0.214.